The van der Waals surface area contributed by atoms with E-state index in [2.05, 4.69) is 32.2 Å². The summed E-state index contributed by atoms with van der Waals surface area (Å²) in [4.78, 5) is 12.5. The number of aryl methyl sites for hydroxylation is 1. The van der Waals surface area contributed by atoms with Crippen molar-refractivity contribution < 1.29 is 9.53 Å². The van der Waals surface area contributed by atoms with Gasteiger partial charge in [-0.1, -0.05) is 54.2 Å². The molecule has 1 heterocycles. The van der Waals surface area contributed by atoms with Gasteiger partial charge in [0.1, 0.15) is 5.75 Å². The highest BCUT2D eigenvalue weighted by atomic mass is 32.2. The van der Waals surface area contributed by atoms with Crippen molar-refractivity contribution in [1.29, 1.82) is 0 Å². The van der Waals surface area contributed by atoms with Gasteiger partial charge in [-0.15, -0.1) is 10.2 Å². The third kappa shape index (κ3) is 4.84. The van der Waals surface area contributed by atoms with Crippen LogP contribution in [0.5, 0.6) is 5.75 Å². The molecular weight excluding hydrogens is 396 g/mol. The highest BCUT2D eigenvalue weighted by molar-refractivity contribution is 8.00. The van der Waals surface area contributed by atoms with Crippen molar-refractivity contribution in [2.24, 2.45) is 0 Å². The number of thioether (sulfide) groups is 1. The number of benzene rings is 2. The van der Waals surface area contributed by atoms with Gasteiger partial charge in [0.2, 0.25) is 5.91 Å². The summed E-state index contributed by atoms with van der Waals surface area (Å²) in [5.41, 5.74) is 2.13. The molecule has 3 aromatic rings. The molecule has 1 atom stereocenters. The van der Waals surface area contributed by atoms with Crippen LogP contribution in [0.25, 0.3) is 11.4 Å². The van der Waals surface area contributed by atoms with Crippen molar-refractivity contribution in [3.63, 3.8) is 0 Å². The van der Waals surface area contributed by atoms with Gasteiger partial charge in [0.15, 0.2) is 11.0 Å². The van der Waals surface area contributed by atoms with E-state index >= 15 is 0 Å². The van der Waals surface area contributed by atoms with Gasteiger partial charge in [-0.3, -0.25) is 4.79 Å². The van der Waals surface area contributed by atoms with E-state index in [0.29, 0.717) is 12.6 Å². The molecule has 1 saturated carbocycles. The van der Waals surface area contributed by atoms with E-state index < -0.39 is 0 Å². The lowest BCUT2D eigenvalue weighted by Gasteiger charge is -2.14. The second-order valence-electron chi connectivity index (χ2n) is 7.44. The summed E-state index contributed by atoms with van der Waals surface area (Å²) in [6, 6.07) is 18.5. The summed E-state index contributed by atoms with van der Waals surface area (Å²) in [6.45, 7) is 2.63. The summed E-state index contributed by atoms with van der Waals surface area (Å²) in [6.07, 6.45) is 3.00. The topological polar surface area (TPSA) is 69.0 Å². The van der Waals surface area contributed by atoms with Gasteiger partial charge in [-0.05, 0) is 43.9 Å². The largest absolute Gasteiger partial charge is 0.496 e. The van der Waals surface area contributed by atoms with Crippen LogP contribution in [0.4, 0.5) is 0 Å². The van der Waals surface area contributed by atoms with Crippen LogP contribution in [0.3, 0.4) is 0 Å². The van der Waals surface area contributed by atoms with Gasteiger partial charge in [0.05, 0.1) is 17.9 Å². The van der Waals surface area contributed by atoms with Crippen LogP contribution < -0.4 is 10.1 Å². The minimum absolute atomic E-state index is 0.0546. The minimum Gasteiger partial charge on any atom is -0.496 e. The zero-order valence-electron chi connectivity index (χ0n) is 17.2. The van der Waals surface area contributed by atoms with Gasteiger partial charge in [-0.25, -0.2) is 0 Å². The Balaban J connectivity index is 1.61. The number of hydrogen-bond donors (Lipinski definition) is 1. The SMILES string of the molecule is COc1ccccc1-c1nnc(S[C@@H](C)C(=O)NC2CC2)n1CCc1ccccc1. The van der Waals surface area contributed by atoms with Crippen molar-refractivity contribution in [3.8, 4) is 17.1 Å². The maximum Gasteiger partial charge on any atom is 0.233 e. The van der Waals surface area contributed by atoms with E-state index in [1.54, 1.807) is 7.11 Å². The normalized spacial score (nSPS) is 14.3. The maximum atomic E-state index is 12.5. The molecule has 1 fully saturated rings. The van der Waals surface area contributed by atoms with Gasteiger partial charge >= 0.3 is 0 Å². The summed E-state index contributed by atoms with van der Waals surface area (Å²) < 4.78 is 7.64. The van der Waals surface area contributed by atoms with Crippen molar-refractivity contribution in [2.45, 2.75) is 49.2 Å². The lowest BCUT2D eigenvalue weighted by atomic mass is 10.1. The Kier molecular flexibility index (Phi) is 6.38. The molecule has 1 aliphatic carbocycles. The number of methoxy groups -OCH3 is 1. The molecule has 4 rings (SSSR count). The van der Waals surface area contributed by atoms with E-state index in [1.165, 1.54) is 17.3 Å². The van der Waals surface area contributed by atoms with Crippen LogP contribution in [0.15, 0.2) is 59.8 Å². The van der Waals surface area contributed by atoms with Crippen LogP contribution in [-0.2, 0) is 17.8 Å². The highest BCUT2D eigenvalue weighted by Crippen LogP contribution is 2.32. The number of aromatic nitrogens is 3. The molecule has 0 aliphatic heterocycles. The lowest BCUT2D eigenvalue weighted by Crippen LogP contribution is -2.32. The number of rotatable bonds is 9. The molecule has 6 nitrogen and oxygen atoms in total. The van der Waals surface area contributed by atoms with Crippen LogP contribution in [0.1, 0.15) is 25.3 Å². The summed E-state index contributed by atoms with van der Waals surface area (Å²) in [5.74, 6) is 1.56. The van der Waals surface area contributed by atoms with Crippen molar-refractivity contribution in [2.75, 3.05) is 7.11 Å². The molecule has 7 heteroatoms. The maximum absolute atomic E-state index is 12.5. The molecular formula is C23H26N4O2S. The molecule has 0 radical (unpaired) electrons. The van der Waals surface area contributed by atoms with E-state index in [4.69, 9.17) is 4.74 Å². The third-order valence-corrected chi connectivity index (χ3v) is 6.19. The van der Waals surface area contributed by atoms with Crippen LogP contribution in [0.2, 0.25) is 0 Å². The molecule has 1 N–H and O–H groups in total. The Morgan fingerprint density at radius 2 is 1.90 bits per heavy atom. The molecule has 0 unspecified atom stereocenters. The predicted molar refractivity (Wildman–Crippen MR) is 119 cm³/mol. The number of amides is 1. The molecule has 1 aromatic heterocycles. The van der Waals surface area contributed by atoms with Crippen molar-refractivity contribution >= 4 is 17.7 Å². The Hall–Kier alpha value is -2.80. The molecule has 156 valence electrons. The first-order valence-electron chi connectivity index (χ1n) is 10.2. The molecule has 1 amide bonds. The van der Waals surface area contributed by atoms with Crippen molar-refractivity contribution in [3.05, 3.63) is 60.2 Å². The molecule has 0 spiro atoms. The predicted octanol–water partition coefficient (Wildman–Crippen LogP) is 3.96. The Morgan fingerprint density at radius 3 is 2.63 bits per heavy atom. The third-order valence-electron chi connectivity index (χ3n) is 5.11. The lowest BCUT2D eigenvalue weighted by molar-refractivity contribution is -0.120. The van der Waals surface area contributed by atoms with Crippen LogP contribution >= 0.6 is 11.8 Å². The highest BCUT2D eigenvalue weighted by Gasteiger charge is 2.27. The Labute approximate surface area is 181 Å². The number of carbonyl (C=O) groups is 1. The summed E-state index contributed by atoms with van der Waals surface area (Å²) in [7, 11) is 1.66. The zero-order chi connectivity index (χ0) is 20.9. The Bertz CT molecular complexity index is 1000. The fourth-order valence-corrected chi connectivity index (χ4v) is 4.13. The average Bonchev–Trinajstić information content (AvgIpc) is 3.51. The number of hydrogen-bond acceptors (Lipinski definition) is 5. The van der Waals surface area contributed by atoms with E-state index in [0.717, 1.165) is 41.6 Å². The van der Waals surface area contributed by atoms with Gasteiger partial charge in [0.25, 0.3) is 0 Å². The molecule has 30 heavy (non-hydrogen) atoms. The number of nitrogens with one attached hydrogen (secondary N) is 1. The number of para-hydroxylation sites is 1. The molecule has 0 bridgehead atoms. The quantitative estimate of drug-likeness (QED) is 0.529. The van der Waals surface area contributed by atoms with Gasteiger partial charge in [0, 0.05) is 12.6 Å². The van der Waals surface area contributed by atoms with Gasteiger partial charge in [-0.2, -0.15) is 0 Å². The summed E-state index contributed by atoms with van der Waals surface area (Å²) >= 11 is 1.45. The fraction of sp³-hybridized carbons (Fsp3) is 0.348. The number of carbonyl (C=O) groups excluding carboxylic acids is 1. The van der Waals surface area contributed by atoms with Gasteiger partial charge < -0.3 is 14.6 Å². The first-order valence-corrected chi connectivity index (χ1v) is 11.1. The fourth-order valence-electron chi connectivity index (χ4n) is 3.25. The number of nitrogens with zero attached hydrogens (tertiary/aromatic N) is 3. The zero-order valence-corrected chi connectivity index (χ0v) is 18.1. The number of ether oxygens (including phenoxy) is 1. The van der Waals surface area contributed by atoms with Crippen LogP contribution in [-0.4, -0.2) is 39.1 Å². The van der Waals surface area contributed by atoms with E-state index in [1.807, 2.05) is 49.4 Å². The standard InChI is InChI=1S/C23H26N4O2S/c1-16(22(28)24-18-12-13-18)30-23-26-25-21(19-10-6-7-11-20(19)29-2)27(23)15-14-17-8-4-3-5-9-17/h3-11,16,18H,12-15H2,1-2H3,(H,24,28)/t16-/m0/s1. The van der Waals surface area contributed by atoms with Crippen molar-refractivity contribution in [1.82, 2.24) is 20.1 Å². The monoisotopic (exact) mass is 422 g/mol. The molecule has 1 aliphatic rings. The minimum atomic E-state index is -0.240. The second kappa shape index (κ2) is 9.34. The Morgan fingerprint density at radius 1 is 1.17 bits per heavy atom. The second-order valence-corrected chi connectivity index (χ2v) is 8.74. The average molecular weight is 423 g/mol. The van der Waals surface area contributed by atoms with Crippen LogP contribution in [0, 0.1) is 0 Å². The molecule has 0 saturated heterocycles. The summed E-state index contributed by atoms with van der Waals surface area (Å²) in [5, 5.41) is 12.5. The molecule has 2 aromatic carbocycles. The first-order chi connectivity index (χ1) is 14.7. The van der Waals surface area contributed by atoms with E-state index in [-0.39, 0.29) is 11.2 Å². The smallest absolute Gasteiger partial charge is 0.233 e. The van der Waals surface area contributed by atoms with E-state index in [9.17, 15) is 4.79 Å². The first kappa shape index (κ1) is 20.5.